The summed E-state index contributed by atoms with van der Waals surface area (Å²) in [5.41, 5.74) is 3.48. The van der Waals surface area contributed by atoms with Crippen LogP contribution in [0.25, 0.3) is 6.08 Å². The number of nitrogens with one attached hydrogen (secondary N) is 1. The van der Waals surface area contributed by atoms with Gasteiger partial charge in [0.15, 0.2) is 0 Å². The minimum Gasteiger partial charge on any atom is -0.487 e. The van der Waals surface area contributed by atoms with E-state index in [-0.39, 0.29) is 23.0 Å². The summed E-state index contributed by atoms with van der Waals surface area (Å²) in [6.07, 6.45) is 1.45. The summed E-state index contributed by atoms with van der Waals surface area (Å²) in [5, 5.41) is 12.5. The maximum atomic E-state index is 13.7. The molecule has 0 spiro atoms. The smallest absolute Gasteiger partial charge is 0.266 e. The molecule has 1 N–H and O–H groups in total. The van der Waals surface area contributed by atoms with Crippen LogP contribution in [-0.2, 0) is 11.4 Å². The zero-order valence-corrected chi connectivity index (χ0v) is 17.8. The average molecular weight is 435 g/mol. The minimum absolute atomic E-state index is 0.0310. The number of anilines is 1. The van der Waals surface area contributed by atoms with E-state index in [4.69, 9.17) is 16.3 Å². The fourth-order valence-electron chi connectivity index (χ4n) is 2.87. The maximum Gasteiger partial charge on any atom is 0.266 e. The van der Waals surface area contributed by atoms with E-state index in [1.165, 1.54) is 12.1 Å². The molecule has 0 aliphatic heterocycles. The van der Waals surface area contributed by atoms with Gasteiger partial charge in [0.1, 0.15) is 29.8 Å². The fourth-order valence-corrected chi connectivity index (χ4v) is 3.11. The molecule has 0 heterocycles. The zero-order valence-electron chi connectivity index (χ0n) is 17.1. The van der Waals surface area contributed by atoms with Gasteiger partial charge >= 0.3 is 0 Å². The Morgan fingerprint density at radius 1 is 1.16 bits per heavy atom. The summed E-state index contributed by atoms with van der Waals surface area (Å²) < 4.78 is 19.3. The Morgan fingerprint density at radius 3 is 2.65 bits per heavy atom. The largest absolute Gasteiger partial charge is 0.487 e. The highest BCUT2D eigenvalue weighted by atomic mass is 35.5. The Bertz CT molecular complexity index is 1200. The molecule has 3 aromatic carbocycles. The van der Waals surface area contributed by atoms with Crippen molar-refractivity contribution in [2.75, 3.05) is 5.32 Å². The van der Waals surface area contributed by atoms with Crippen LogP contribution in [0, 0.1) is 31.0 Å². The number of amides is 1. The van der Waals surface area contributed by atoms with Crippen LogP contribution in [0.2, 0.25) is 5.02 Å². The van der Waals surface area contributed by atoms with Crippen LogP contribution in [0.4, 0.5) is 10.1 Å². The highest BCUT2D eigenvalue weighted by Gasteiger charge is 2.12. The molecule has 1 amide bonds. The first-order valence-corrected chi connectivity index (χ1v) is 9.91. The third-order valence-electron chi connectivity index (χ3n) is 4.61. The van der Waals surface area contributed by atoms with Gasteiger partial charge < -0.3 is 10.1 Å². The number of halogens is 2. The van der Waals surface area contributed by atoms with E-state index in [9.17, 15) is 14.4 Å². The lowest BCUT2D eigenvalue weighted by Crippen LogP contribution is -2.14. The fraction of sp³-hybridized carbons (Fsp3) is 0.120. The third-order valence-corrected chi connectivity index (χ3v) is 4.91. The van der Waals surface area contributed by atoms with E-state index in [0.29, 0.717) is 22.6 Å². The van der Waals surface area contributed by atoms with Crippen molar-refractivity contribution in [2.45, 2.75) is 20.5 Å². The lowest BCUT2D eigenvalue weighted by molar-refractivity contribution is -0.112. The maximum absolute atomic E-state index is 13.7. The molecule has 31 heavy (non-hydrogen) atoms. The van der Waals surface area contributed by atoms with Crippen molar-refractivity contribution in [1.29, 1.82) is 5.26 Å². The molecule has 0 aliphatic rings. The number of hydrogen-bond acceptors (Lipinski definition) is 3. The van der Waals surface area contributed by atoms with Gasteiger partial charge in [0.25, 0.3) is 5.91 Å². The first-order chi connectivity index (χ1) is 14.9. The van der Waals surface area contributed by atoms with Gasteiger partial charge in [-0.3, -0.25) is 4.79 Å². The molecule has 0 unspecified atom stereocenters. The molecular formula is C25H20ClFN2O2. The van der Waals surface area contributed by atoms with Crippen LogP contribution in [0.5, 0.6) is 5.75 Å². The molecular weight excluding hydrogens is 415 g/mol. The summed E-state index contributed by atoms with van der Waals surface area (Å²) in [5.74, 6) is -0.487. The van der Waals surface area contributed by atoms with Gasteiger partial charge in [0, 0.05) is 11.3 Å². The van der Waals surface area contributed by atoms with E-state index in [0.717, 1.165) is 11.1 Å². The van der Waals surface area contributed by atoms with Crippen molar-refractivity contribution in [3.63, 3.8) is 0 Å². The second-order valence-corrected chi connectivity index (χ2v) is 7.42. The van der Waals surface area contributed by atoms with Crippen LogP contribution in [0.1, 0.15) is 22.3 Å². The monoisotopic (exact) mass is 434 g/mol. The Kier molecular flexibility index (Phi) is 7.07. The Hall–Kier alpha value is -3.62. The van der Waals surface area contributed by atoms with Crippen molar-refractivity contribution in [1.82, 2.24) is 0 Å². The summed E-state index contributed by atoms with van der Waals surface area (Å²) in [7, 11) is 0. The number of ether oxygens (including phenoxy) is 1. The predicted molar refractivity (Wildman–Crippen MR) is 120 cm³/mol. The molecule has 0 aliphatic carbocycles. The van der Waals surface area contributed by atoms with E-state index < -0.39 is 5.91 Å². The van der Waals surface area contributed by atoms with Gasteiger partial charge in [-0.2, -0.15) is 5.26 Å². The number of nitrogens with zero attached hydrogens (tertiary/aromatic N) is 1. The number of benzene rings is 3. The van der Waals surface area contributed by atoms with Gasteiger partial charge in [0.05, 0.1) is 5.02 Å². The van der Waals surface area contributed by atoms with Crippen molar-refractivity contribution < 1.29 is 13.9 Å². The summed E-state index contributed by atoms with van der Waals surface area (Å²) >= 11 is 6.28. The van der Waals surface area contributed by atoms with Crippen molar-refractivity contribution in [2.24, 2.45) is 0 Å². The second-order valence-electron chi connectivity index (χ2n) is 7.01. The highest BCUT2D eigenvalue weighted by Crippen LogP contribution is 2.28. The molecule has 156 valence electrons. The van der Waals surface area contributed by atoms with Crippen LogP contribution < -0.4 is 10.1 Å². The Balaban J connectivity index is 1.74. The number of hydrogen-bond donors (Lipinski definition) is 1. The molecule has 0 radical (unpaired) electrons. The van der Waals surface area contributed by atoms with Gasteiger partial charge in [-0.05, 0) is 60.9 Å². The summed E-state index contributed by atoms with van der Waals surface area (Å²) in [6, 6.07) is 18.8. The highest BCUT2D eigenvalue weighted by molar-refractivity contribution is 6.32. The SMILES string of the molecule is Cc1ccc(C)c(NC(=O)/C(C#N)=C/c2ccc(OCc3ccccc3F)c(Cl)c2)c1. The normalized spacial score (nSPS) is 11.0. The first-order valence-electron chi connectivity index (χ1n) is 9.53. The molecule has 0 saturated carbocycles. The average Bonchev–Trinajstić information content (AvgIpc) is 2.75. The van der Waals surface area contributed by atoms with Gasteiger partial charge in [-0.15, -0.1) is 0 Å². The number of carbonyl (C=O) groups is 1. The Labute approximate surface area is 185 Å². The van der Waals surface area contributed by atoms with Gasteiger partial charge in [-0.1, -0.05) is 48.0 Å². The quantitative estimate of drug-likeness (QED) is 0.370. The topological polar surface area (TPSA) is 62.1 Å². The lowest BCUT2D eigenvalue weighted by atomic mass is 10.1. The lowest BCUT2D eigenvalue weighted by Gasteiger charge is -2.10. The molecule has 3 rings (SSSR count). The molecule has 0 fully saturated rings. The zero-order chi connectivity index (χ0) is 22.4. The van der Waals surface area contributed by atoms with Crippen LogP contribution in [0.15, 0.2) is 66.2 Å². The standard InChI is InChI=1S/C25H20ClFN2O2/c1-16-7-8-17(2)23(11-16)29-25(30)20(14-28)12-18-9-10-24(21(26)13-18)31-15-19-5-3-4-6-22(19)27/h3-13H,15H2,1-2H3,(H,29,30)/b20-12+. The van der Waals surface area contributed by atoms with Crippen LogP contribution in [0.3, 0.4) is 0 Å². The van der Waals surface area contributed by atoms with E-state index in [1.54, 1.807) is 36.4 Å². The van der Waals surface area contributed by atoms with Crippen LogP contribution >= 0.6 is 11.6 Å². The number of aryl methyl sites for hydroxylation is 2. The first kappa shape index (κ1) is 22.1. The molecule has 0 saturated heterocycles. The van der Waals surface area contributed by atoms with E-state index >= 15 is 0 Å². The summed E-state index contributed by atoms with van der Waals surface area (Å²) in [6.45, 7) is 3.84. The molecule has 6 heteroatoms. The molecule has 4 nitrogen and oxygen atoms in total. The minimum atomic E-state index is -0.507. The Morgan fingerprint density at radius 2 is 1.94 bits per heavy atom. The van der Waals surface area contributed by atoms with Crippen molar-refractivity contribution in [3.05, 3.63) is 99.3 Å². The molecule has 3 aromatic rings. The molecule has 0 atom stereocenters. The third kappa shape index (κ3) is 5.71. The van der Waals surface area contributed by atoms with E-state index in [2.05, 4.69) is 5.32 Å². The van der Waals surface area contributed by atoms with Gasteiger partial charge in [0.2, 0.25) is 0 Å². The molecule has 0 bridgehead atoms. The summed E-state index contributed by atoms with van der Waals surface area (Å²) in [4.78, 5) is 12.6. The molecule has 0 aromatic heterocycles. The number of carbonyl (C=O) groups excluding carboxylic acids is 1. The second kappa shape index (κ2) is 9.92. The number of nitriles is 1. The number of rotatable bonds is 6. The van der Waals surface area contributed by atoms with E-state index in [1.807, 2.05) is 38.1 Å². The van der Waals surface area contributed by atoms with Gasteiger partial charge in [-0.25, -0.2) is 4.39 Å². The predicted octanol–water partition coefficient (Wildman–Crippen LogP) is 6.22. The van der Waals surface area contributed by atoms with Crippen molar-refractivity contribution in [3.8, 4) is 11.8 Å². The van der Waals surface area contributed by atoms with Crippen LogP contribution in [-0.4, -0.2) is 5.91 Å². The van der Waals surface area contributed by atoms with Crippen molar-refractivity contribution >= 4 is 29.3 Å².